The molecule has 1 amide bonds. The summed E-state index contributed by atoms with van der Waals surface area (Å²) in [4.78, 5) is 31.9. The van der Waals surface area contributed by atoms with Crippen LogP contribution in [0.15, 0.2) is 4.79 Å². The highest BCUT2D eigenvalue weighted by atomic mass is 35.5. The number of amides is 1. The van der Waals surface area contributed by atoms with Crippen molar-refractivity contribution in [3.05, 3.63) is 26.6 Å². The van der Waals surface area contributed by atoms with Gasteiger partial charge in [-0.15, -0.1) is 23.7 Å². The number of nitrogens with zero attached hydrogens (tertiary/aromatic N) is 2. The van der Waals surface area contributed by atoms with Crippen LogP contribution < -0.4 is 16.2 Å². The van der Waals surface area contributed by atoms with Crippen LogP contribution in [0.25, 0.3) is 10.2 Å². The predicted molar refractivity (Wildman–Crippen MR) is 111 cm³/mol. The Morgan fingerprint density at radius 1 is 1.33 bits per heavy atom. The molecule has 0 aliphatic carbocycles. The van der Waals surface area contributed by atoms with Gasteiger partial charge >= 0.3 is 0 Å². The highest BCUT2D eigenvalue weighted by Crippen LogP contribution is 2.28. The minimum Gasteiger partial charge on any atom is -0.348 e. The van der Waals surface area contributed by atoms with Gasteiger partial charge in [0.25, 0.3) is 11.5 Å². The number of thiophene rings is 1. The Hall–Kier alpha value is -1.44. The number of carbonyl (C=O) groups is 1. The molecule has 0 saturated carbocycles. The van der Waals surface area contributed by atoms with E-state index in [1.165, 1.54) is 11.3 Å². The van der Waals surface area contributed by atoms with Crippen molar-refractivity contribution in [1.29, 1.82) is 0 Å². The Labute approximate surface area is 169 Å². The molecular formula is C19H27ClN4O2S. The Kier molecular flexibility index (Phi) is 6.23. The first-order chi connectivity index (χ1) is 12.5. The molecule has 2 aromatic rings. The van der Waals surface area contributed by atoms with Crippen molar-refractivity contribution in [2.45, 2.75) is 71.0 Å². The second-order valence-corrected chi connectivity index (χ2v) is 8.58. The first-order valence-electron chi connectivity index (χ1n) is 9.61. The van der Waals surface area contributed by atoms with Crippen LogP contribution in [-0.4, -0.2) is 34.1 Å². The normalized spacial score (nSPS) is 22.6. The number of carbonyl (C=O) groups excluding carboxylic acids is 1. The SMILES string of the molecule is Cc1c(C(=O)NC2CCNC(C)C2)sc2nc3n(c(=O)c12)CCCCC3.Cl. The molecule has 8 heteroatoms. The summed E-state index contributed by atoms with van der Waals surface area (Å²) in [5, 5.41) is 7.19. The molecule has 1 fully saturated rings. The maximum atomic E-state index is 13.0. The molecule has 1 saturated heterocycles. The van der Waals surface area contributed by atoms with Crippen molar-refractivity contribution in [3.63, 3.8) is 0 Å². The second kappa shape index (κ2) is 8.29. The van der Waals surface area contributed by atoms with Crippen LogP contribution >= 0.6 is 23.7 Å². The Bertz CT molecular complexity index is 907. The molecule has 4 heterocycles. The van der Waals surface area contributed by atoms with Gasteiger partial charge in [-0.25, -0.2) is 4.98 Å². The zero-order valence-corrected chi connectivity index (χ0v) is 17.5. The molecule has 0 aromatic carbocycles. The highest BCUT2D eigenvalue weighted by Gasteiger charge is 2.25. The Morgan fingerprint density at radius 3 is 2.93 bits per heavy atom. The summed E-state index contributed by atoms with van der Waals surface area (Å²) < 4.78 is 1.82. The minimum atomic E-state index is -0.0656. The van der Waals surface area contributed by atoms with E-state index in [4.69, 9.17) is 4.98 Å². The van der Waals surface area contributed by atoms with E-state index in [0.717, 1.165) is 63.0 Å². The van der Waals surface area contributed by atoms with Crippen molar-refractivity contribution in [2.24, 2.45) is 0 Å². The molecule has 2 unspecified atom stereocenters. The largest absolute Gasteiger partial charge is 0.348 e. The lowest BCUT2D eigenvalue weighted by molar-refractivity contribution is 0.0929. The van der Waals surface area contributed by atoms with Crippen LogP contribution in [0.5, 0.6) is 0 Å². The van der Waals surface area contributed by atoms with Gasteiger partial charge in [-0.2, -0.15) is 0 Å². The van der Waals surface area contributed by atoms with Gasteiger partial charge in [0.1, 0.15) is 10.7 Å². The van der Waals surface area contributed by atoms with Crippen LogP contribution in [0.3, 0.4) is 0 Å². The van der Waals surface area contributed by atoms with Gasteiger partial charge in [0.15, 0.2) is 0 Å². The van der Waals surface area contributed by atoms with Crippen molar-refractivity contribution in [2.75, 3.05) is 6.54 Å². The Morgan fingerprint density at radius 2 is 2.15 bits per heavy atom. The molecule has 0 spiro atoms. The molecule has 27 heavy (non-hydrogen) atoms. The fraction of sp³-hybridized carbons (Fsp3) is 0.632. The van der Waals surface area contributed by atoms with Crippen molar-refractivity contribution < 1.29 is 4.79 Å². The van der Waals surface area contributed by atoms with E-state index in [1.54, 1.807) is 0 Å². The van der Waals surface area contributed by atoms with Gasteiger partial charge in [0.05, 0.1) is 10.3 Å². The van der Waals surface area contributed by atoms with E-state index in [2.05, 4.69) is 17.6 Å². The van der Waals surface area contributed by atoms with Crippen LogP contribution in [0.2, 0.25) is 0 Å². The summed E-state index contributed by atoms with van der Waals surface area (Å²) >= 11 is 1.36. The average Bonchev–Trinajstić information content (AvgIpc) is 2.78. The topological polar surface area (TPSA) is 76.0 Å². The van der Waals surface area contributed by atoms with Crippen molar-refractivity contribution in [3.8, 4) is 0 Å². The molecule has 6 nitrogen and oxygen atoms in total. The van der Waals surface area contributed by atoms with Crippen molar-refractivity contribution >= 4 is 39.9 Å². The van der Waals surface area contributed by atoms with Gasteiger partial charge in [-0.05, 0) is 51.6 Å². The van der Waals surface area contributed by atoms with Gasteiger partial charge in [-0.3, -0.25) is 14.2 Å². The number of piperidine rings is 1. The number of hydrogen-bond donors (Lipinski definition) is 2. The van der Waals surface area contributed by atoms with E-state index >= 15 is 0 Å². The van der Waals surface area contributed by atoms with E-state index in [0.29, 0.717) is 21.1 Å². The van der Waals surface area contributed by atoms with Crippen molar-refractivity contribution in [1.82, 2.24) is 20.2 Å². The summed E-state index contributed by atoms with van der Waals surface area (Å²) in [6.45, 7) is 5.68. The van der Waals surface area contributed by atoms with E-state index in [1.807, 2.05) is 11.5 Å². The summed E-state index contributed by atoms with van der Waals surface area (Å²) in [7, 11) is 0. The predicted octanol–water partition coefficient (Wildman–Crippen LogP) is 2.78. The third kappa shape index (κ3) is 3.91. The number of rotatable bonds is 2. The quantitative estimate of drug-likeness (QED) is 0.798. The summed E-state index contributed by atoms with van der Waals surface area (Å²) in [5.41, 5.74) is 0.803. The number of halogens is 1. The van der Waals surface area contributed by atoms with Crippen LogP contribution in [0.1, 0.15) is 60.1 Å². The lowest BCUT2D eigenvalue weighted by Crippen LogP contribution is -2.46. The molecule has 0 radical (unpaired) electrons. The molecule has 0 bridgehead atoms. The summed E-state index contributed by atoms with van der Waals surface area (Å²) in [6.07, 6.45) is 5.95. The smallest absolute Gasteiger partial charge is 0.262 e. The van der Waals surface area contributed by atoms with Crippen LogP contribution in [0.4, 0.5) is 0 Å². The molecular weight excluding hydrogens is 384 g/mol. The number of hydrogen-bond acceptors (Lipinski definition) is 5. The zero-order chi connectivity index (χ0) is 18.3. The first-order valence-corrected chi connectivity index (χ1v) is 10.4. The number of aromatic nitrogens is 2. The summed E-state index contributed by atoms with van der Waals surface area (Å²) in [6, 6.07) is 0.605. The summed E-state index contributed by atoms with van der Waals surface area (Å²) in [5.74, 6) is 0.810. The standard InChI is InChI=1S/C19H26N4O2S.ClH/c1-11-10-13(7-8-20-11)21-17(24)16-12(2)15-18(26-16)22-14-6-4-3-5-9-23(14)19(15)25;/h11,13,20H,3-10H2,1-2H3,(H,21,24);1H. The average molecular weight is 411 g/mol. The fourth-order valence-electron chi connectivity index (χ4n) is 4.14. The molecule has 2 aromatic heterocycles. The third-order valence-electron chi connectivity index (χ3n) is 5.58. The third-order valence-corrected chi connectivity index (χ3v) is 6.76. The maximum absolute atomic E-state index is 13.0. The molecule has 2 aliphatic heterocycles. The van der Waals surface area contributed by atoms with Gasteiger partial charge < -0.3 is 10.6 Å². The lowest BCUT2D eigenvalue weighted by Gasteiger charge is -2.28. The first kappa shape index (κ1) is 20.3. The van der Waals surface area contributed by atoms with E-state index in [-0.39, 0.29) is 29.9 Å². The monoisotopic (exact) mass is 410 g/mol. The van der Waals surface area contributed by atoms with Gasteiger partial charge in [-0.1, -0.05) is 6.42 Å². The fourth-order valence-corrected chi connectivity index (χ4v) is 5.23. The molecule has 4 rings (SSSR count). The molecule has 2 N–H and O–H groups in total. The maximum Gasteiger partial charge on any atom is 0.262 e. The number of fused-ring (bicyclic) bond motifs is 2. The van der Waals surface area contributed by atoms with E-state index in [9.17, 15) is 9.59 Å². The second-order valence-electron chi connectivity index (χ2n) is 7.58. The van der Waals surface area contributed by atoms with Crippen LogP contribution in [-0.2, 0) is 13.0 Å². The molecule has 148 valence electrons. The lowest BCUT2D eigenvalue weighted by atomic mass is 10.0. The Balaban J connectivity index is 0.00000210. The minimum absolute atomic E-state index is 0. The zero-order valence-electron chi connectivity index (χ0n) is 15.8. The van der Waals surface area contributed by atoms with E-state index < -0.39 is 0 Å². The highest BCUT2D eigenvalue weighted by molar-refractivity contribution is 7.20. The molecule has 2 aliphatic rings. The number of aryl methyl sites for hydroxylation is 2. The van der Waals surface area contributed by atoms with Gasteiger partial charge in [0, 0.05) is 25.0 Å². The van der Waals surface area contributed by atoms with Gasteiger partial charge in [0.2, 0.25) is 0 Å². The molecule has 2 atom stereocenters. The van der Waals surface area contributed by atoms with Crippen LogP contribution in [0, 0.1) is 6.92 Å². The number of nitrogens with one attached hydrogen (secondary N) is 2.